The smallest absolute Gasteiger partial charge is 0.417 e. The number of nitrogens with zero attached hydrogens (tertiary/aromatic N) is 4. The first-order valence-corrected chi connectivity index (χ1v) is 16.5. The summed E-state index contributed by atoms with van der Waals surface area (Å²) in [6, 6.07) is 0.194. The lowest BCUT2D eigenvalue weighted by atomic mass is 9.88. The van der Waals surface area contributed by atoms with Gasteiger partial charge in [0.2, 0.25) is 0 Å². The number of nitrogens with two attached hydrogens (primary N) is 1. The average molecular weight is 711 g/mol. The van der Waals surface area contributed by atoms with Gasteiger partial charge in [-0.2, -0.15) is 31.9 Å². The number of anilines is 2. The second-order valence-electron chi connectivity index (χ2n) is 13.4. The molecule has 0 radical (unpaired) electrons. The number of hydrogen-bond donors (Lipinski definition) is 2. The number of alkyl halides is 3. The largest absolute Gasteiger partial charge is 0.461 e. The predicted octanol–water partition coefficient (Wildman–Crippen LogP) is 7.88. The SMILES string of the molecule is C=C1C[C@@H]2[C@H](CC)NCCN2c2nc(OC[C@@]34CCCN3CC(=C(F)F)C4)nc3c(F)c(-c4cc(N)c(F)c(C)c4C(F)(F)F)c(Cl)c1c23. The Bertz CT molecular complexity index is 1930. The monoisotopic (exact) mass is 710 g/mol. The number of rotatable bonds is 5. The van der Waals surface area contributed by atoms with Crippen LogP contribution in [0.15, 0.2) is 24.3 Å². The van der Waals surface area contributed by atoms with Crippen molar-refractivity contribution in [1.29, 1.82) is 0 Å². The van der Waals surface area contributed by atoms with Crippen molar-refractivity contribution in [3.05, 3.63) is 57.6 Å². The van der Waals surface area contributed by atoms with Gasteiger partial charge in [0.1, 0.15) is 23.8 Å². The van der Waals surface area contributed by atoms with Crippen LogP contribution in [0, 0.1) is 18.6 Å². The molecule has 3 N–H and O–H groups in total. The number of benzene rings is 2. The van der Waals surface area contributed by atoms with Gasteiger partial charge in [-0.1, -0.05) is 25.1 Å². The third-order valence-corrected chi connectivity index (χ3v) is 11.0. The summed E-state index contributed by atoms with van der Waals surface area (Å²) in [6.07, 6.45) is -4.33. The van der Waals surface area contributed by atoms with Crippen LogP contribution in [0.3, 0.4) is 0 Å². The predicted molar refractivity (Wildman–Crippen MR) is 174 cm³/mol. The van der Waals surface area contributed by atoms with Crippen LogP contribution < -0.4 is 20.7 Å². The van der Waals surface area contributed by atoms with Gasteiger partial charge in [0.15, 0.2) is 5.82 Å². The van der Waals surface area contributed by atoms with Gasteiger partial charge in [0, 0.05) is 54.0 Å². The zero-order valence-corrected chi connectivity index (χ0v) is 27.6. The quantitative estimate of drug-likeness (QED) is 0.206. The lowest BCUT2D eigenvalue weighted by molar-refractivity contribution is -0.137. The van der Waals surface area contributed by atoms with Gasteiger partial charge in [0.25, 0.3) is 6.08 Å². The molecule has 49 heavy (non-hydrogen) atoms. The third-order valence-electron chi connectivity index (χ3n) is 10.6. The van der Waals surface area contributed by atoms with Gasteiger partial charge in [-0.3, -0.25) is 4.90 Å². The van der Waals surface area contributed by atoms with E-state index in [1.165, 1.54) is 0 Å². The molecular weight excluding hydrogens is 677 g/mol. The minimum atomic E-state index is -5.10. The second kappa shape index (κ2) is 12.0. The zero-order valence-electron chi connectivity index (χ0n) is 26.8. The lowest BCUT2D eigenvalue weighted by Gasteiger charge is -2.42. The first-order chi connectivity index (χ1) is 23.2. The van der Waals surface area contributed by atoms with Crippen molar-refractivity contribution in [3.8, 4) is 17.1 Å². The van der Waals surface area contributed by atoms with E-state index < -0.39 is 57.4 Å². The molecule has 262 valence electrons. The molecule has 4 aliphatic rings. The fourth-order valence-electron chi connectivity index (χ4n) is 8.33. The third kappa shape index (κ3) is 5.32. The highest BCUT2D eigenvalue weighted by Gasteiger charge is 2.49. The van der Waals surface area contributed by atoms with Crippen molar-refractivity contribution in [2.45, 2.75) is 69.8 Å². The Labute approximate surface area is 282 Å². The number of aromatic nitrogens is 2. The van der Waals surface area contributed by atoms with Crippen molar-refractivity contribution in [3.63, 3.8) is 0 Å². The Kier molecular flexibility index (Phi) is 8.30. The van der Waals surface area contributed by atoms with E-state index in [9.17, 15) is 26.3 Å². The van der Waals surface area contributed by atoms with E-state index in [4.69, 9.17) is 27.1 Å². The molecule has 1 aromatic heterocycles. The summed E-state index contributed by atoms with van der Waals surface area (Å²) in [7, 11) is 0. The molecule has 7 nitrogen and oxygen atoms in total. The molecule has 3 saturated heterocycles. The van der Waals surface area contributed by atoms with Crippen LogP contribution in [0.4, 0.5) is 42.2 Å². The molecule has 0 aliphatic carbocycles. The normalized spacial score (nSPS) is 24.0. The van der Waals surface area contributed by atoms with Gasteiger partial charge in [-0.15, -0.1) is 0 Å². The molecule has 3 aromatic rings. The van der Waals surface area contributed by atoms with E-state index in [1.54, 1.807) is 0 Å². The number of nitrogen functional groups attached to an aromatic ring is 1. The summed E-state index contributed by atoms with van der Waals surface area (Å²) >= 11 is 6.93. The van der Waals surface area contributed by atoms with Crippen LogP contribution in [0.5, 0.6) is 6.01 Å². The summed E-state index contributed by atoms with van der Waals surface area (Å²) in [4.78, 5) is 13.1. The zero-order chi connectivity index (χ0) is 35.2. The highest BCUT2D eigenvalue weighted by atomic mass is 35.5. The Hall–Kier alpha value is -3.62. The topological polar surface area (TPSA) is 79.5 Å². The van der Waals surface area contributed by atoms with Crippen molar-refractivity contribution < 1.29 is 35.5 Å². The Morgan fingerprint density at radius 2 is 1.94 bits per heavy atom. The minimum Gasteiger partial charge on any atom is -0.461 e. The number of piperazine rings is 1. The van der Waals surface area contributed by atoms with E-state index in [0.29, 0.717) is 38.0 Å². The summed E-state index contributed by atoms with van der Waals surface area (Å²) in [5.74, 6) is -2.20. The minimum absolute atomic E-state index is 0.0337. The summed E-state index contributed by atoms with van der Waals surface area (Å²) in [6.45, 7) is 8.85. The van der Waals surface area contributed by atoms with Crippen LogP contribution in [-0.2, 0) is 6.18 Å². The second-order valence-corrected chi connectivity index (χ2v) is 13.8. The molecule has 0 saturated carbocycles. The maximum Gasteiger partial charge on any atom is 0.417 e. The van der Waals surface area contributed by atoms with Gasteiger partial charge >= 0.3 is 12.2 Å². The molecule has 3 atom stereocenters. The molecule has 0 spiro atoms. The van der Waals surface area contributed by atoms with Crippen LogP contribution in [0.25, 0.3) is 27.6 Å². The van der Waals surface area contributed by atoms with Crippen LogP contribution in [-0.4, -0.2) is 65.3 Å². The van der Waals surface area contributed by atoms with E-state index in [2.05, 4.69) is 16.9 Å². The van der Waals surface area contributed by atoms with Crippen LogP contribution in [0.1, 0.15) is 55.7 Å². The van der Waals surface area contributed by atoms with Gasteiger partial charge < -0.3 is 20.7 Å². The fourth-order valence-corrected chi connectivity index (χ4v) is 8.74. The van der Waals surface area contributed by atoms with Crippen molar-refractivity contribution >= 4 is 39.6 Å². The molecule has 0 unspecified atom stereocenters. The van der Waals surface area contributed by atoms with E-state index in [0.717, 1.165) is 25.8 Å². The van der Waals surface area contributed by atoms with Crippen molar-refractivity contribution in [1.82, 2.24) is 20.2 Å². The highest BCUT2D eigenvalue weighted by Crippen LogP contribution is 2.52. The van der Waals surface area contributed by atoms with Gasteiger partial charge in [-0.25, -0.2) is 8.78 Å². The first kappa shape index (κ1) is 33.9. The van der Waals surface area contributed by atoms with Crippen LogP contribution >= 0.6 is 11.6 Å². The van der Waals surface area contributed by atoms with Gasteiger partial charge in [-0.05, 0) is 62.8 Å². The Balaban J connectivity index is 1.47. The fraction of sp³-hybridized carbons (Fsp3) is 0.471. The number of nitrogens with one attached hydrogen (secondary N) is 1. The summed E-state index contributed by atoms with van der Waals surface area (Å²) < 4.78 is 109. The lowest BCUT2D eigenvalue weighted by Crippen LogP contribution is -2.57. The molecule has 0 bridgehead atoms. The standard InChI is InChI=1S/C34H34ClF7N6O/c1-4-20-21-10-15(2)22-24-29(28(37)23(26(22)35)18-11-19(43)27(36)16(3)25(18)34(40,41)42)45-32(46-31(24)48(21)9-7-44-20)49-14-33-6-5-8-47(33)13-17(12-33)30(38)39/h11,20-21,44H,2,4-10,12-14,43H2,1,3H3/t20-,21+,33-/m0/s1. The summed E-state index contributed by atoms with van der Waals surface area (Å²) in [5, 5.41) is 3.29. The summed E-state index contributed by atoms with van der Waals surface area (Å²) in [5.41, 5.74) is 1.12. The van der Waals surface area contributed by atoms with E-state index in [-0.39, 0.29) is 70.5 Å². The van der Waals surface area contributed by atoms with Crippen LogP contribution in [0.2, 0.25) is 5.02 Å². The number of hydrogen-bond acceptors (Lipinski definition) is 7. The molecule has 3 fully saturated rings. The number of ether oxygens (including phenoxy) is 1. The number of halogens is 8. The molecular formula is C34H34ClF7N6O. The first-order valence-electron chi connectivity index (χ1n) is 16.1. The average Bonchev–Trinajstić information content (AvgIpc) is 3.56. The van der Waals surface area contributed by atoms with Gasteiger partial charge in [0.05, 0.1) is 27.2 Å². The maximum atomic E-state index is 17.1. The molecule has 0 amide bonds. The molecule has 2 aromatic carbocycles. The molecule has 4 aliphatic heterocycles. The van der Waals surface area contributed by atoms with E-state index in [1.807, 2.05) is 16.7 Å². The Morgan fingerprint density at radius 1 is 1.18 bits per heavy atom. The van der Waals surface area contributed by atoms with Crippen molar-refractivity contribution in [2.75, 3.05) is 43.4 Å². The highest BCUT2D eigenvalue weighted by molar-refractivity contribution is 6.37. The molecule has 15 heteroatoms. The Morgan fingerprint density at radius 3 is 2.63 bits per heavy atom. The van der Waals surface area contributed by atoms with Crippen molar-refractivity contribution in [2.24, 2.45) is 0 Å². The molecule has 5 heterocycles. The molecule has 7 rings (SSSR count). The number of fused-ring (bicyclic) bond motifs is 3. The maximum absolute atomic E-state index is 17.1. The van der Waals surface area contributed by atoms with E-state index >= 15 is 4.39 Å².